The normalized spacial score (nSPS) is 12.0. The molecular weight excluding hydrogens is 913 g/mol. The summed E-state index contributed by atoms with van der Waals surface area (Å²) in [6.45, 7) is 11.7. The van der Waals surface area contributed by atoms with E-state index >= 15 is 0 Å². The highest BCUT2D eigenvalue weighted by Crippen LogP contribution is 2.50. The Bertz CT molecular complexity index is 1790. The van der Waals surface area contributed by atoms with E-state index in [1.165, 1.54) is 187 Å². The van der Waals surface area contributed by atoms with Crippen molar-refractivity contribution >= 4 is 17.5 Å². The second kappa shape index (κ2) is 41.5. The Morgan fingerprint density at radius 1 is 0.356 bits per heavy atom. The lowest BCUT2D eigenvalue weighted by atomic mass is 9.82. The molecule has 0 aromatic heterocycles. The van der Waals surface area contributed by atoms with Gasteiger partial charge in [0.1, 0.15) is 0 Å². The van der Waals surface area contributed by atoms with Crippen LogP contribution >= 0.6 is 0 Å². The first-order valence-corrected chi connectivity index (χ1v) is 30.7. The van der Waals surface area contributed by atoms with Crippen molar-refractivity contribution < 1.29 is 43.2 Å². The third kappa shape index (κ3) is 25.6. The highest BCUT2D eigenvalue weighted by molar-refractivity contribution is 6.31. The van der Waals surface area contributed by atoms with Crippen LogP contribution in [0.5, 0.6) is 34.5 Å². The zero-order chi connectivity index (χ0) is 52.6. The van der Waals surface area contributed by atoms with Crippen LogP contribution in [0.4, 0.5) is 0 Å². The van der Waals surface area contributed by atoms with E-state index in [9.17, 15) is 19.5 Å². The molecule has 0 saturated heterocycles. The average molecular weight is 1020 g/mol. The lowest BCUT2D eigenvalue weighted by Gasteiger charge is -2.26. The minimum absolute atomic E-state index is 0.00640. The van der Waals surface area contributed by atoms with Gasteiger partial charge in [0, 0.05) is 18.1 Å². The van der Waals surface area contributed by atoms with Gasteiger partial charge in [0.25, 0.3) is 0 Å². The van der Waals surface area contributed by atoms with Gasteiger partial charge in [-0.15, -0.1) is 0 Å². The van der Waals surface area contributed by atoms with Crippen molar-refractivity contribution in [1.82, 2.24) is 0 Å². The fourth-order valence-corrected chi connectivity index (χ4v) is 10.1. The predicted octanol–water partition coefficient (Wildman–Crippen LogP) is 19.3. The van der Waals surface area contributed by atoms with Crippen molar-refractivity contribution in [3.05, 3.63) is 34.4 Å². The first-order chi connectivity index (χ1) is 35.8. The largest absolute Gasteiger partial charge is 0.504 e. The minimum Gasteiger partial charge on any atom is -0.504 e. The van der Waals surface area contributed by atoms with Crippen molar-refractivity contribution in [3.63, 3.8) is 0 Å². The number of carbonyl (C=O) groups is 3. The van der Waals surface area contributed by atoms with Gasteiger partial charge in [0.15, 0.2) is 34.6 Å². The Labute approximate surface area is 445 Å². The van der Waals surface area contributed by atoms with Crippen LogP contribution in [0.1, 0.15) is 323 Å². The number of phenolic OH excluding ortho intramolecular Hbond substituents is 1. The molecule has 0 radical (unpaired) electrons. The van der Waals surface area contributed by atoms with Crippen LogP contribution in [0.15, 0.2) is 12.1 Å². The van der Waals surface area contributed by atoms with Crippen LogP contribution in [0.25, 0.3) is 0 Å². The van der Waals surface area contributed by atoms with Gasteiger partial charge in [0.05, 0.1) is 37.6 Å². The number of phenols is 1. The molecule has 0 atom stereocenters. The second-order valence-corrected chi connectivity index (χ2v) is 21.3. The third-order valence-corrected chi connectivity index (χ3v) is 14.6. The SMILES string of the molecule is CCCCCCCCCCCCOc1cc2c(c(O)c1OCCCCCCCCCCCC)C(=O)c1cc(OCCCCCCCCCCCC)c(OCCCCCCCCCCCC)c(OC(C)=O)c1C2=O. The van der Waals surface area contributed by atoms with E-state index in [2.05, 4.69) is 27.7 Å². The van der Waals surface area contributed by atoms with E-state index in [1.807, 2.05) is 0 Å². The van der Waals surface area contributed by atoms with Gasteiger partial charge < -0.3 is 28.8 Å². The third-order valence-electron chi connectivity index (χ3n) is 14.6. The van der Waals surface area contributed by atoms with Gasteiger partial charge in [-0.1, -0.05) is 259 Å². The van der Waals surface area contributed by atoms with Crippen LogP contribution in [0.3, 0.4) is 0 Å². The maximum atomic E-state index is 14.9. The average Bonchev–Trinajstić information content (AvgIpc) is 3.38. The summed E-state index contributed by atoms with van der Waals surface area (Å²) in [5.41, 5.74) is -0.244. The predicted molar refractivity (Wildman–Crippen MR) is 302 cm³/mol. The molecule has 0 heterocycles. The fraction of sp³-hybridized carbons (Fsp3) is 0.766. The second-order valence-electron chi connectivity index (χ2n) is 21.3. The number of hydrogen-bond donors (Lipinski definition) is 1. The Morgan fingerprint density at radius 3 is 0.945 bits per heavy atom. The van der Waals surface area contributed by atoms with Gasteiger partial charge in [0.2, 0.25) is 11.5 Å². The number of aromatic hydroxyl groups is 1. The van der Waals surface area contributed by atoms with Crippen LogP contribution in [0.2, 0.25) is 0 Å². The number of rotatable bonds is 49. The van der Waals surface area contributed by atoms with Crippen molar-refractivity contribution in [2.45, 2.75) is 291 Å². The molecule has 2 aromatic rings. The molecule has 9 nitrogen and oxygen atoms in total. The van der Waals surface area contributed by atoms with Gasteiger partial charge in [-0.3, -0.25) is 14.4 Å². The molecule has 416 valence electrons. The number of carbonyl (C=O) groups excluding carboxylic acids is 3. The Balaban J connectivity index is 1.87. The number of esters is 1. The molecule has 0 spiro atoms. The smallest absolute Gasteiger partial charge is 0.308 e. The maximum absolute atomic E-state index is 14.9. The first-order valence-electron chi connectivity index (χ1n) is 30.7. The standard InChI is InChI=1S/C64H106O9/c1-6-10-14-18-22-26-30-34-38-42-46-69-55-50-53-57(61(68)62(55)71-48-44-40-36-32-28-24-20-16-12-8-3)59(66)54-51-56(70-47-43-39-35-31-27-23-19-15-11-7-2)63(64(73-52(5)65)58(54)60(53)67)72-49-45-41-37-33-29-25-21-17-13-9-4/h50-51,68H,6-49H2,1-5H3. The molecule has 0 unspecified atom stereocenters. The summed E-state index contributed by atoms with van der Waals surface area (Å²) in [5, 5.41) is 12.1. The van der Waals surface area contributed by atoms with Crippen molar-refractivity contribution in [2.24, 2.45) is 0 Å². The molecule has 0 amide bonds. The summed E-state index contributed by atoms with van der Waals surface area (Å²) in [7, 11) is 0. The monoisotopic (exact) mass is 1020 g/mol. The van der Waals surface area contributed by atoms with Gasteiger partial charge in [-0.25, -0.2) is 0 Å². The van der Waals surface area contributed by atoms with Crippen LogP contribution < -0.4 is 23.7 Å². The summed E-state index contributed by atoms with van der Waals surface area (Å²) in [5.74, 6) is -1.61. The number of ketones is 2. The molecule has 1 N–H and O–H groups in total. The lowest BCUT2D eigenvalue weighted by Crippen LogP contribution is -2.24. The fourth-order valence-electron chi connectivity index (χ4n) is 10.1. The van der Waals surface area contributed by atoms with Crippen molar-refractivity contribution in [2.75, 3.05) is 26.4 Å². The van der Waals surface area contributed by atoms with Gasteiger partial charge in [-0.05, 0) is 37.8 Å². The van der Waals surface area contributed by atoms with E-state index in [-0.39, 0.29) is 51.0 Å². The minimum atomic E-state index is -0.650. The van der Waals surface area contributed by atoms with Crippen LogP contribution in [0, 0.1) is 0 Å². The Hall–Kier alpha value is -3.75. The molecule has 0 bridgehead atoms. The molecule has 73 heavy (non-hydrogen) atoms. The summed E-state index contributed by atoms with van der Waals surface area (Å²) in [6, 6.07) is 3.09. The number of hydrogen-bond acceptors (Lipinski definition) is 9. The summed E-state index contributed by atoms with van der Waals surface area (Å²) in [4.78, 5) is 42.7. The number of benzene rings is 2. The molecule has 0 saturated carbocycles. The Morgan fingerprint density at radius 2 is 0.616 bits per heavy atom. The first kappa shape index (κ1) is 63.5. The zero-order valence-electron chi connectivity index (χ0n) is 47.5. The summed E-state index contributed by atoms with van der Waals surface area (Å²) < 4.78 is 31.5. The van der Waals surface area contributed by atoms with E-state index in [1.54, 1.807) is 12.1 Å². The van der Waals surface area contributed by atoms with E-state index in [4.69, 9.17) is 23.7 Å². The highest BCUT2D eigenvalue weighted by Gasteiger charge is 2.40. The van der Waals surface area contributed by atoms with Crippen molar-refractivity contribution in [3.8, 4) is 34.5 Å². The topological polar surface area (TPSA) is 118 Å². The van der Waals surface area contributed by atoms with Gasteiger partial charge in [-0.2, -0.15) is 0 Å². The summed E-state index contributed by atoms with van der Waals surface area (Å²) >= 11 is 0. The highest BCUT2D eigenvalue weighted by atomic mass is 16.6. The molecule has 9 heteroatoms. The zero-order valence-corrected chi connectivity index (χ0v) is 47.5. The molecule has 0 aliphatic heterocycles. The van der Waals surface area contributed by atoms with Crippen LogP contribution in [-0.2, 0) is 4.79 Å². The van der Waals surface area contributed by atoms with Crippen molar-refractivity contribution in [1.29, 1.82) is 0 Å². The number of ether oxygens (including phenoxy) is 5. The lowest BCUT2D eigenvalue weighted by molar-refractivity contribution is -0.132. The maximum Gasteiger partial charge on any atom is 0.308 e. The van der Waals surface area contributed by atoms with Gasteiger partial charge >= 0.3 is 5.97 Å². The van der Waals surface area contributed by atoms with E-state index in [0.29, 0.717) is 26.4 Å². The van der Waals surface area contributed by atoms with E-state index < -0.39 is 23.3 Å². The van der Waals surface area contributed by atoms with E-state index in [0.717, 1.165) is 77.0 Å². The quantitative estimate of drug-likeness (QED) is 0.0335. The molecular formula is C64H106O9. The number of fused-ring (bicyclic) bond motifs is 2. The number of unbranched alkanes of at least 4 members (excludes halogenated alkanes) is 36. The van der Waals surface area contributed by atoms with Crippen LogP contribution in [-0.4, -0.2) is 49.1 Å². The molecule has 1 aliphatic rings. The molecule has 1 aliphatic carbocycles. The summed E-state index contributed by atoms with van der Waals surface area (Å²) in [6.07, 6.45) is 47.1. The molecule has 2 aromatic carbocycles. The Kier molecular flexibility index (Phi) is 36.1. The molecule has 0 fully saturated rings. The molecule has 3 rings (SSSR count).